The number of rotatable bonds is 5. The van der Waals surface area contributed by atoms with E-state index in [9.17, 15) is 0 Å². The maximum atomic E-state index is 2.46. The fourth-order valence-corrected chi connectivity index (χ4v) is 9.43. The molecule has 1 nitrogen and oxygen atoms in total. The summed E-state index contributed by atoms with van der Waals surface area (Å²) < 4.78 is 0. The first-order chi connectivity index (χ1) is 27.5. The first kappa shape index (κ1) is 32.5. The molecule has 1 heteroatoms. The van der Waals surface area contributed by atoms with Gasteiger partial charge in [-0.15, -0.1) is 0 Å². The van der Waals surface area contributed by atoms with Gasteiger partial charge in [0.1, 0.15) is 0 Å². The Kier molecular flexibility index (Phi) is 7.28. The highest BCUT2D eigenvalue weighted by atomic mass is 15.1. The van der Waals surface area contributed by atoms with Gasteiger partial charge >= 0.3 is 0 Å². The number of para-hydroxylation sites is 1. The molecule has 0 saturated carbocycles. The Morgan fingerprint density at radius 3 is 1.70 bits per heavy atom. The molecule has 0 spiro atoms. The van der Waals surface area contributed by atoms with E-state index < -0.39 is 0 Å². The van der Waals surface area contributed by atoms with Crippen LogP contribution >= 0.6 is 0 Å². The van der Waals surface area contributed by atoms with Gasteiger partial charge in [0.05, 0.1) is 5.69 Å². The zero-order valence-electron chi connectivity index (χ0n) is 31.5. The topological polar surface area (TPSA) is 3.24 Å². The van der Waals surface area contributed by atoms with Crippen LogP contribution < -0.4 is 4.90 Å². The van der Waals surface area contributed by atoms with Crippen molar-refractivity contribution in [2.45, 2.75) is 19.3 Å². The minimum Gasteiger partial charge on any atom is -0.310 e. The quantitative estimate of drug-likeness (QED) is 0.161. The van der Waals surface area contributed by atoms with E-state index in [1.165, 1.54) is 87.6 Å². The van der Waals surface area contributed by atoms with Gasteiger partial charge in [-0.1, -0.05) is 178 Å². The maximum Gasteiger partial charge on any atom is 0.0540 e. The number of hydrogen-bond donors (Lipinski definition) is 0. The molecule has 0 atom stereocenters. The molecule has 0 heterocycles. The maximum absolute atomic E-state index is 2.46. The summed E-state index contributed by atoms with van der Waals surface area (Å²) >= 11 is 0. The van der Waals surface area contributed by atoms with Gasteiger partial charge in [-0.2, -0.15) is 0 Å². The van der Waals surface area contributed by atoms with Crippen LogP contribution in [0.4, 0.5) is 17.1 Å². The summed E-state index contributed by atoms with van der Waals surface area (Å²) in [6.07, 6.45) is 0. The standard InChI is InChI=1S/C55H39N/c1-55(2)52-20-9-7-17-49(52)50-33-29-42(35-53(50)55)56(54-21-10-8-18-51(54)46-19-11-14-37-12-3-5-15-43(37)46)41-27-22-36(23-28-41)39-25-30-45-40(34-39)26-32-47-44-16-6-4-13-38(44)24-31-48(45)47/h3-35H,1-2H3. The second-order valence-electron chi connectivity index (χ2n) is 15.7. The van der Waals surface area contributed by atoms with E-state index >= 15 is 0 Å². The highest BCUT2D eigenvalue weighted by Gasteiger charge is 2.36. The Bertz CT molecular complexity index is 3160. The van der Waals surface area contributed by atoms with Gasteiger partial charge in [-0.25, -0.2) is 0 Å². The summed E-state index contributed by atoms with van der Waals surface area (Å²) in [6.45, 7) is 4.72. The SMILES string of the molecule is CC1(C)c2ccccc2-c2ccc(N(c3ccc(-c4ccc5c(ccc6c7ccccc7ccc56)c4)cc3)c3ccccc3-c3cccc4ccccc34)cc21. The third kappa shape index (κ3) is 5.01. The number of hydrogen-bond acceptors (Lipinski definition) is 1. The minimum absolute atomic E-state index is 0.110. The zero-order chi connectivity index (χ0) is 37.4. The highest BCUT2D eigenvalue weighted by Crippen LogP contribution is 2.51. The van der Waals surface area contributed by atoms with Gasteiger partial charge < -0.3 is 4.90 Å². The van der Waals surface area contributed by atoms with E-state index in [0.717, 1.165) is 17.1 Å². The monoisotopic (exact) mass is 713 g/mol. The van der Waals surface area contributed by atoms with Crippen LogP contribution in [-0.4, -0.2) is 0 Å². The number of fused-ring (bicyclic) bond motifs is 9. The van der Waals surface area contributed by atoms with E-state index in [1.54, 1.807) is 0 Å². The van der Waals surface area contributed by atoms with Crippen LogP contribution in [0, 0.1) is 0 Å². The summed E-state index contributed by atoms with van der Waals surface area (Å²) in [6, 6.07) is 74.0. The second kappa shape index (κ2) is 12.5. The zero-order valence-corrected chi connectivity index (χ0v) is 31.5. The average molecular weight is 714 g/mol. The normalized spacial score (nSPS) is 13.0. The lowest BCUT2D eigenvalue weighted by Gasteiger charge is -2.30. The molecule has 10 aromatic rings. The Hall–Kier alpha value is -6.96. The molecule has 0 unspecified atom stereocenters. The van der Waals surface area contributed by atoms with Crippen LogP contribution in [-0.2, 0) is 5.41 Å². The molecule has 0 aromatic heterocycles. The van der Waals surface area contributed by atoms with Crippen molar-refractivity contribution >= 4 is 60.2 Å². The van der Waals surface area contributed by atoms with Crippen molar-refractivity contribution in [3.8, 4) is 33.4 Å². The van der Waals surface area contributed by atoms with Crippen molar-refractivity contribution in [2.75, 3.05) is 4.90 Å². The van der Waals surface area contributed by atoms with Crippen molar-refractivity contribution in [3.05, 3.63) is 211 Å². The molecule has 0 bridgehead atoms. The van der Waals surface area contributed by atoms with Gasteiger partial charge in [0.2, 0.25) is 0 Å². The summed E-state index contributed by atoms with van der Waals surface area (Å²) in [5, 5.41) is 10.2. The summed E-state index contributed by atoms with van der Waals surface area (Å²) in [4.78, 5) is 2.46. The third-order valence-corrected chi connectivity index (χ3v) is 12.3. The molecule has 56 heavy (non-hydrogen) atoms. The molecular formula is C55H39N. The van der Waals surface area contributed by atoms with Crippen molar-refractivity contribution in [1.29, 1.82) is 0 Å². The molecule has 0 fully saturated rings. The lowest BCUT2D eigenvalue weighted by atomic mass is 9.82. The summed E-state index contributed by atoms with van der Waals surface area (Å²) in [5.74, 6) is 0. The Morgan fingerprint density at radius 2 is 0.875 bits per heavy atom. The first-order valence-corrected chi connectivity index (χ1v) is 19.6. The van der Waals surface area contributed by atoms with Crippen molar-refractivity contribution < 1.29 is 0 Å². The van der Waals surface area contributed by atoms with Crippen molar-refractivity contribution in [3.63, 3.8) is 0 Å². The van der Waals surface area contributed by atoms with Gasteiger partial charge in [0.25, 0.3) is 0 Å². The van der Waals surface area contributed by atoms with Gasteiger partial charge in [0, 0.05) is 22.4 Å². The fraction of sp³-hybridized carbons (Fsp3) is 0.0545. The van der Waals surface area contributed by atoms with Crippen molar-refractivity contribution in [2.24, 2.45) is 0 Å². The van der Waals surface area contributed by atoms with E-state index in [0.29, 0.717) is 0 Å². The van der Waals surface area contributed by atoms with Gasteiger partial charge in [-0.3, -0.25) is 0 Å². The van der Waals surface area contributed by atoms with E-state index in [4.69, 9.17) is 0 Å². The van der Waals surface area contributed by atoms with Gasteiger partial charge in [0.15, 0.2) is 0 Å². The molecule has 0 radical (unpaired) electrons. The molecule has 0 N–H and O–H groups in total. The van der Waals surface area contributed by atoms with Crippen LogP contribution in [0.25, 0.3) is 76.5 Å². The molecule has 1 aliphatic rings. The number of benzene rings is 10. The fourth-order valence-electron chi connectivity index (χ4n) is 9.43. The molecule has 0 saturated heterocycles. The predicted octanol–water partition coefficient (Wildman–Crippen LogP) is 15.4. The first-order valence-electron chi connectivity index (χ1n) is 19.6. The summed E-state index contributed by atoms with van der Waals surface area (Å²) in [7, 11) is 0. The van der Waals surface area contributed by atoms with Gasteiger partial charge in [-0.05, 0) is 118 Å². The van der Waals surface area contributed by atoms with Crippen molar-refractivity contribution in [1.82, 2.24) is 0 Å². The number of nitrogens with zero attached hydrogens (tertiary/aromatic N) is 1. The average Bonchev–Trinajstić information content (AvgIpc) is 3.49. The Balaban J connectivity index is 1.05. The molecule has 0 amide bonds. The van der Waals surface area contributed by atoms with E-state index in [-0.39, 0.29) is 5.41 Å². The van der Waals surface area contributed by atoms with E-state index in [2.05, 4.69) is 219 Å². The molecule has 11 rings (SSSR count). The minimum atomic E-state index is -0.110. The summed E-state index contributed by atoms with van der Waals surface area (Å²) in [5.41, 5.74) is 13.5. The Morgan fingerprint density at radius 1 is 0.321 bits per heavy atom. The molecular weight excluding hydrogens is 675 g/mol. The predicted molar refractivity (Wildman–Crippen MR) is 240 cm³/mol. The van der Waals surface area contributed by atoms with Crippen LogP contribution in [0.2, 0.25) is 0 Å². The molecule has 1 aliphatic carbocycles. The van der Waals surface area contributed by atoms with Crippen LogP contribution in [0.3, 0.4) is 0 Å². The van der Waals surface area contributed by atoms with Crippen LogP contribution in [0.5, 0.6) is 0 Å². The molecule has 264 valence electrons. The highest BCUT2D eigenvalue weighted by molar-refractivity contribution is 6.17. The second-order valence-corrected chi connectivity index (χ2v) is 15.7. The lowest BCUT2D eigenvalue weighted by Crippen LogP contribution is -2.16. The molecule has 10 aromatic carbocycles. The van der Waals surface area contributed by atoms with Crippen LogP contribution in [0.15, 0.2) is 200 Å². The molecule has 0 aliphatic heterocycles. The largest absolute Gasteiger partial charge is 0.310 e. The lowest BCUT2D eigenvalue weighted by molar-refractivity contribution is 0.660. The number of anilines is 3. The third-order valence-electron chi connectivity index (χ3n) is 12.3. The van der Waals surface area contributed by atoms with Crippen LogP contribution in [0.1, 0.15) is 25.0 Å². The smallest absolute Gasteiger partial charge is 0.0540 e. The van der Waals surface area contributed by atoms with E-state index in [1.807, 2.05) is 0 Å². The Labute approximate surface area is 327 Å².